The van der Waals surface area contributed by atoms with Crippen LogP contribution in [0.3, 0.4) is 0 Å². The zero-order valence-electron chi connectivity index (χ0n) is 20.3. The highest BCUT2D eigenvalue weighted by atomic mass is 35.5. The van der Waals surface area contributed by atoms with Crippen molar-refractivity contribution in [1.82, 2.24) is 14.8 Å². The summed E-state index contributed by atoms with van der Waals surface area (Å²) in [5.74, 6) is 1.73. The molecule has 0 saturated carbocycles. The first-order valence-electron chi connectivity index (χ1n) is 11.4. The maximum absolute atomic E-state index is 13.6. The van der Waals surface area contributed by atoms with Gasteiger partial charge < -0.3 is 20.1 Å². The average molecular weight is 536 g/mol. The molecule has 1 aromatic heterocycles. The maximum atomic E-state index is 13.6. The number of ether oxygens (including phenoxy) is 2. The molecule has 2 N–H and O–H groups in total. The lowest BCUT2D eigenvalue weighted by Gasteiger charge is -2.29. The number of halogens is 2. The minimum Gasteiger partial charge on any atom is -0.493 e. The number of amides is 1. The molecule has 3 aromatic carbocycles. The predicted molar refractivity (Wildman–Crippen MR) is 145 cm³/mol. The number of nitrogens with one attached hydrogen (secondary N) is 2. The zero-order valence-corrected chi connectivity index (χ0v) is 21.8. The lowest BCUT2D eigenvalue weighted by Crippen LogP contribution is -2.31. The second-order valence-electron chi connectivity index (χ2n) is 8.30. The molecule has 0 bridgehead atoms. The van der Waals surface area contributed by atoms with Gasteiger partial charge in [0, 0.05) is 22.5 Å². The SMILES string of the molecule is COc1ccc(-c2nc3n(n2)C(c2cccc(Cl)c2Cl)C(C(=O)Nc2ccccc2)=C(C)N3)cc1OC. The van der Waals surface area contributed by atoms with E-state index in [9.17, 15) is 4.79 Å². The molecule has 1 aliphatic rings. The number of para-hydroxylation sites is 1. The van der Waals surface area contributed by atoms with E-state index in [1.807, 2.05) is 49.4 Å². The first kappa shape index (κ1) is 24.7. The standard InChI is InChI=1S/C27H23Cl2N5O3/c1-15-22(26(35)31-17-8-5-4-6-9-17)24(18-10-7-11-19(28)23(18)29)34-27(30-15)32-25(33-34)16-12-13-20(36-2)21(14-16)37-3/h4-14,24H,1-3H3,(H,31,35)(H,30,32,33). The highest BCUT2D eigenvalue weighted by molar-refractivity contribution is 6.42. The van der Waals surface area contributed by atoms with E-state index < -0.39 is 6.04 Å². The first-order valence-corrected chi connectivity index (χ1v) is 12.1. The van der Waals surface area contributed by atoms with E-state index in [1.165, 1.54) is 0 Å². The molecule has 10 heteroatoms. The Balaban J connectivity index is 1.63. The van der Waals surface area contributed by atoms with E-state index in [-0.39, 0.29) is 5.91 Å². The first-order chi connectivity index (χ1) is 17.9. The van der Waals surface area contributed by atoms with Crippen molar-refractivity contribution in [3.05, 3.63) is 93.6 Å². The number of nitrogens with zero attached hydrogens (tertiary/aromatic N) is 3. The lowest BCUT2D eigenvalue weighted by atomic mass is 9.95. The number of benzene rings is 3. The Labute approximate surface area is 223 Å². The van der Waals surface area contributed by atoms with E-state index in [1.54, 1.807) is 43.2 Å². The van der Waals surface area contributed by atoms with Crippen LogP contribution in [0.2, 0.25) is 10.0 Å². The average Bonchev–Trinajstić information content (AvgIpc) is 3.33. The molecule has 0 radical (unpaired) electrons. The van der Waals surface area contributed by atoms with Crippen LogP contribution in [0.25, 0.3) is 11.4 Å². The third kappa shape index (κ3) is 4.61. The zero-order chi connectivity index (χ0) is 26.1. The van der Waals surface area contributed by atoms with Gasteiger partial charge in [0.25, 0.3) is 5.91 Å². The van der Waals surface area contributed by atoms with Gasteiger partial charge in [-0.3, -0.25) is 4.79 Å². The number of hydrogen-bond donors (Lipinski definition) is 2. The third-order valence-electron chi connectivity index (χ3n) is 6.05. The Morgan fingerprint density at radius 3 is 2.49 bits per heavy atom. The van der Waals surface area contributed by atoms with Gasteiger partial charge in [0.2, 0.25) is 5.95 Å². The van der Waals surface area contributed by atoms with Crippen molar-refractivity contribution in [3.63, 3.8) is 0 Å². The van der Waals surface area contributed by atoms with E-state index in [2.05, 4.69) is 10.6 Å². The van der Waals surface area contributed by atoms with E-state index >= 15 is 0 Å². The van der Waals surface area contributed by atoms with Gasteiger partial charge in [-0.15, -0.1) is 5.10 Å². The van der Waals surface area contributed by atoms with Crippen LogP contribution >= 0.6 is 23.2 Å². The van der Waals surface area contributed by atoms with Crippen LogP contribution in [0.5, 0.6) is 11.5 Å². The number of carbonyl (C=O) groups is 1. The molecule has 2 heterocycles. The molecule has 8 nitrogen and oxygen atoms in total. The molecule has 0 saturated heterocycles. The minimum atomic E-state index is -0.687. The molecule has 4 aromatic rings. The van der Waals surface area contributed by atoms with Crippen molar-refractivity contribution >= 4 is 40.7 Å². The number of allylic oxidation sites excluding steroid dienone is 1. The van der Waals surface area contributed by atoms with Gasteiger partial charge in [0.05, 0.1) is 29.8 Å². The topological polar surface area (TPSA) is 90.3 Å². The van der Waals surface area contributed by atoms with Gasteiger partial charge >= 0.3 is 0 Å². The lowest BCUT2D eigenvalue weighted by molar-refractivity contribution is -0.113. The van der Waals surface area contributed by atoms with Crippen LogP contribution in [-0.4, -0.2) is 34.9 Å². The van der Waals surface area contributed by atoms with Crippen LogP contribution in [0.1, 0.15) is 18.5 Å². The van der Waals surface area contributed by atoms with E-state index in [0.717, 1.165) is 0 Å². The number of carbonyl (C=O) groups excluding carboxylic acids is 1. The van der Waals surface area contributed by atoms with Crippen LogP contribution < -0.4 is 20.1 Å². The Hall–Kier alpha value is -4.01. The second-order valence-corrected chi connectivity index (χ2v) is 9.09. The summed E-state index contributed by atoms with van der Waals surface area (Å²) in [6, 6.07) is 19.3. The number of aromatic nitrogens is 3. The molecular weight excluding hydrogens is 513 g/mol. The van der Waals surface area contributed by atoms with Gasteiger partial charge in [-0.05, 0) is 43.3 Å². The number of anilines is 2. The molecule has 1 amide bonds. The molecular formula is C27H23Cl2N5O3. The summed E-state index contributed by atoms with van der Waals surface area (Å²) >= 11 is 13.1. The van der Waals surface area contributed by atoms with Gasteiger partial charge in [0.15, 0.2) is 17.3 Å². The molecule has 1 unspecified atom stereocenters. The fourth-order valence-corrected chi connectivity index (χ4v) is 4.69. The minimum absolute atomic E-state index is 0.300. The fraction of sp³-hybridized carbons (Fsp3) is 0.148. The molecule has 1 aliphatic heterocycles. The van der Waals surface area contributed by atoms with Gasteiger partial charge in [0.1, 0.15) is 6.04 Å². The quantitative estimate of drug-likeness (QED) is 0.305. The molecule has 0 spiro atoms. The second kappa shape index (κ2) is 10.2. The Kier molecular flexibility index (Phi) is 6.78. The van der Waals surface area contributed by atoms with E-state index in [0.29, 0.717) is 61.4 Å². The van der Waals surface area contributed by atoms with Gasteiger partial charge in [-0.25, -0.2) is 4.68 Å². The van der Waals surface area contributed by atoms with Gasteiger partial charge in [-0.2, -0.15) is 4.98 Å². The van der Waals surface area contributed by atoms with Crippen molar-refractivity contribution in [2.45, 2.75) is 13.0 Å². The van der Waals surface area contributed by atoms with Crippen molar-refractivity contribution in [1.29, 1.82) is 0 Å². The molecule has 1 atom stereocenters. The molecule has 0 aliphatic carbocycles. The van der Waals surface area contributed by atoms with Crippen LogP contribution in [0.15, 0.2) is 78.0 Å². The Morgan fingerprint density at radius 1 is 1.00 bits per heavy atom. The highest BCUT2D eigenvalue weighted by Gasteiger charge is 2.36. The van der Waals surface area contributed by atoms with E-state index in [4.69, 9.17) is 42.8 Å². The number of hydrogen-bond acceptors (Lipinski definition) is 6. The molecule has 188 valence electrons. The maximum Gasteiger partial charge on any atom is 0.255 e. The van der Waals surface area contributed by atoms with Crippen molar-refractivity contribution in [2.24, 2.45) is 0 Å². The smallest absolute Gasteiger partial charge is 0.255 e. The summed E-state index contributed by atoms with van der Waals surface area (Å²) < 4.78 is 12.4. The van der Waals surface area contributed by atoms with Crippen LogP contribution in [0.4, 0.5) is 11.6 Å². The summed E-state index contributed by atoms with van der Waals surface area (Å²) in [5.41, 5.74) is 3.06. The van der Waals surface area contributed by atoms with Gasteiger partial charge in [-0.1, -0.05) is 53.5 Å². The number of fused-ring (bicyclic) bond motifs is 1. The number of methoxy groups -OCH3 is 2. The van der Waals surface area contributed by atoms with Crippen LogP contribution in [-0.2, 0) is 4.79 Å². The monoisotopic (exact) mass is 535 g/mol. The summed E-state index contributed by atoms with van der Waals surface area (Å²) in [7, 11) is 3.14. The number of rotatable bonds is 6. The van der Waals surface area contributed by atoms with Crippen LogP contribution in [0, 0.1) is 0 Å². The largest absolute Gasteiger partial charge is 0.493 e. The fourth-order valence-electron chi connectivity index (χ4n) is 4.28. The van der Waals surface area contributed by atoms with Crippen molar-refractivity contribution in [3.8, 4) is 22.9 Å². The third-order valence-corrected chi connectivity index (χ3v) is 6.88. The molecule has 0 fully saturated rings. The summed E-state index contributed by atoms with van der Waals surface area (Å²) in [5, 5.41) is 11.7. The Bertz CT molecular complexity index is 1520. The molecule has 37 heavy (non-hydrogen) atoms. The normalized spacial score (nSPS) is 14.6. The Morgan fingerprint density at radius 2 is 1.76 bits per heavy atom. The highest BCUT2D eigenvalue weighted by Crippen LogP contribution is 2.41. The van der Waals surface area contributed by atoms with Crippen molar-refractivity contribution < 1.29 is 14.3 Å². The summed E-state index contributed by atoms with van der Waals surface area (Å²) in [6.07, 6.45) is 0. The molecule has 5 rings (SSSR count). The van der Waals surface area contributed by atoms with Crippen molar-refractivity contribution in [2.75, 3.05) is 24.9 Å². The summed E-state index contributed by atoms with van der Waals surface area (Å²) in [6.45, 7) is 1.82. The summed E-state index contributed by atoms with van der Waals surface area (Å²) in [4.78, 5) is 18.3. The predicted octanol–water partition coefficient (Wildman–Crippen LogP) is 6.20.